The van der Waals surface area contributed by atoms with Crippen LogP contribution in [-0.4, -0.2) is 16.9 Å². The van der Waals surface area contributed by atoms with E-state index in [-0.39, 0.29) is 23.5 Å². The number of ketones is 1. The summed E-state index contributed by atoms with van der Waals surface area (Å²) in [7, 11) is 0. The predicted octanol–water partition coefficient (Wildman–Crippen LogP) is -0.187. The van der Waals surface area contributed by atoms with E-state index in [0.29, 0.717) is 0 Å². The lowest BCUT2D eigenvalue weighted by Gasteiger charge is -2.06. The fraction of sp³-hybridized carbons (Fsp3) is 0.143. The number of hydrogen-bond acceptors (Lipinski definition) is 3. The normalized spacial score (nSPS) is 17.3. The summed E-state index contributed by atoms with van der Waals surface area (Å²) in [6.45, 7) is 0. The van der Waals surface area contributed by atoms with Gasteiger partial charge in [0.15, 0.2) is 5.78 Å². The molecular formula is C7H7NO3. The Bertz CT molecular complexity index is 275. The van der Waals surface area contributed by atoms with E-state index in [4.69, 9.17) is 10.8 Å². The first kappa shape index (κ1) is 7.53. The molecule has 11 heavy (non-hydrogen) atoms. The van der Waals surface area contributed by atoms with Gasteiger partial charge in [0, 0.05) is 12.1 Å². The maximum absolute atomic E-state index is 10.7. The Balaban J connectivity index is 2.99. The van der Waals surface area contributed by atoms with E-state index in [1.54, 1.807) is 0 Å². The van der Waals surface area contributed by atoms with E-state index >= 15 is 0 Å². The third-order valence-electron chi connectivity index (χ3n) is 1.37. The summed E-state index contributed by atoms with van der Waals surface area (Å²) in [5.41, 5.74) is 5.36. The van der Waals surface area contributed by atoms with Crippen LogP contribution in [0, 0.1) is 0 Å². The Morgan fingerprint density at radius 2 is 2.27 bits per heavy atom. The van der Waals surface area contributed by atoms with Gasteiger partial charge in [0.25, 0.3) is 0 Å². The molecule has 0 bridgehead atoms. The maximum atomic E-state index is 10.7. The summed E-state index contributed by atoms with van der Waals surface area (Å²) in [4.78, 5) is 21.1. The second-order valence-electron chi connectivity index (χ2n) is 2.19. The van der Waals surface area contributed by atoms with Gasteiger partial charge in [0.1, 0.15) is 0 Å². The van der Waals surface area contributed by atoms with Gasteiger partial charge in [-0.25, -0.2) is 4.79 Å². The lowest BCUT2D eigenvalue weighted by molar-refractivity contribution is -0.132. The van der Waals surface area contributed by atoms with Crippen molar-refractivity contribution in [2.24, 2.45) is 5.73 Å². The summed E-state index contributed by atoms with van der Waals surface area (Å²) in [5, 5.41) is 8.49. The molecule has 0 atom stereocenters. The van der Waals surface area contributed by atoms with Crippen molar-refractivity contribution >= 4 is 11.8 Å². The summed E-state index contributed by atoms with van der Waals surface area (Å²) < 4.78 is 0. The molecule has 0 aromatic heterocycles. The smallest absolute Gasteiger partial charge is 0.337 e. The van der Waals surface area contributed by atoms with Crippen molar-refractivity contribution in [3.8, 4) is 0 Å². The van der Waals surface area contributed by atoms with Gasteiger partial charge in [-0.1, -0.05) is 6.08 Å². The number of carbonyl (C=O) groups is 2. The molecule has 0 saturated carbocycles. The quantitative estimate of drug-likeness (QED) is 0.547. The van der Waals surface area contributed by atoms with Crippen LogP contribution >= 0.6 is 0 Å². The van der Waals surface area contributed by atoms with E-state index in [0.717, 1.165) is 6.08 Å². The van der Waals surface area contributed by atoms with Crippen molar-refractivity contribution in [2.45, 2.75) is 6.42 Å². The fourth-order valence-corrected chi connectivity index (χ4v) is 0.809. The molecule has 0 fully saturated rings. The molecule has 1 aliphatic rings. The third-order valence-corrected chi connectivity index (χ3v) is 1.37. The van der Waals surface area contributed by atoms with E-state index in [9.17, 15) is 9.59 Å². The van der Waals surface area contributed by atoms with Gasteiger partial charge in [0.2, 0.25) is 0 Å². The van der Waals surface area contributed by atoms with Crippen LogP contribution in [0.15, 0.2) is 23.4 Å². The predicted molar refractivity (Wildman–Crippen MR) is 37.6 cm³/mol. The topological polar surface area (TPSA) is 80.4 Å². The van der Waals surface area contributed by atoms with Gasteiger partial charge >= 0.3 is 5.97 Å². The number of aliphatic carboxylic acids is 1. The van der Waals surface area contributed by atoms with E-state index < -0.39 is 5.97 Å². The molecule has 0 aromatic carbocycles. The number of nitrogens with two attached hydrogens (primary N) is 1. The SMILES string of the molecule is NC1=CCC(=O)C=C1C(=O)O. The molecule has 1 rings (SSSR count). The van der Waals surface area contributed by atoms with Crippen molar-refractivity contribution in [3.05, 3.63) is 23.4 Å². The molecule has 0 amide bonds. The average molecular weight is 153 g/mol. The van der Waals surface area contributed by atoms with E-state index in [2.05, 4.69) is 0 Å². The van der Waals surface area contributed by atoms with Crippen LogP contribution in [0.1, 0.15) is 6.42 Å². The Hall–Kier alpha value is -1.58. The second kappa shape index (κ2) is 2.57. The molecule has 1 aliphatic carbocycles. The Labute approximate surface area is 63.0 Å². The zero-order valence-corrected chi connectivity index (χ0v) is 5.70. The van der Waals surface area contributed by atoms with Crippen LogP contribution in [0.3, 0.4) is 0 Å². The largest absolute Gasteiger partial charge is 0.478 e. The Morgan fingerprint density at radius 1 is 1.64 bits per heavy atom. The molecule has 58 valence electrons. The zero-order valence-electron chi connectivity index (χ0n) is 5.70. The molecular weight excluding hydrogens is 146 g/mol. The van der Waals surface area contributed by atoms with Gasteiger partial charge in [-0.2, -0.15) is 0 Å². The van der Waals surface area contributed by atoms with Crippen molar-refractivity contribution in [1.82, 2.24) is 0 Å². The highest BCUT2D eigenvalue weighted by Gasteiger charge is 2.15. The maximum Gasteiger partial charge on any atom is 0.337 e. The van der Waals surface area contributed by atoms with Gasteiger partial charge in [-0.05, 0) is 6.08 Å². The number of rotatable bonds is 1. The van der Waals surface area contributed by atoms with Crippen LogP contribution in [-0.2, 0) is 9.59 Å². The van der Waals surface area contributed by atoms with Crippen LogP contribution in [0.4, 0.5) is 0 Å². The Morgan fingerprint density at radius 3 is 2.73 bits per heavy atom. The highest BCUT2D eigenvalue weighted by atomic mass is 16.4. The molecule has 0 aromatic rings. The molecule has 3 N–H and O–H groups in total. The van der Waals surface area contributed by atoms with Crippen LogP contribution in [0.2, 0.25) is 0 Å². The Kier molecular flexibility index (Phi) is 1.76. The first-order chi connectivity index (χ1) is 5.11. The molecule has 4 nitrogen and oxygen atoms in total. The van der Waals surface area contributed by atoms with Crippen LogP contribution < -0.4 is 5.73 Å². The summed E-state index contributed by atoms with van der Waals surface area (Å²) in [6, 6.07) is 0. The van der Waals surface area contributed by atoms with Crippen molar-refractivity contribution < 1.29 is 14.7 Å². The standard InChI is InChI=1S/C7H7NO3/c8-6-2-1-4(9)3-5(6)7(10)11/h2-3H,1,8H2,(H,10,11). The first-order valence-electron chi connectivity index (χ1n) is 3.05. The minimum absolute atomic E-state index is 0.110. The number of allylic oxidation sites excluding steroid dienone is 2. The summed E-state index contributed by atoms with van der Waals surface area (Å²) >= 11 is 0. The third kappa shape index (κ3) is 1.46. The highest BCUT2D eigenvalue weighted by molar-refractivity contribution is 6.03. The lowest BCUT2D eigenvalue weighted by atomic mass is 10.0. The summed E-state index contributed by atoms with van der Waals surface area (Å²) in [6.07, 6.45) is 2.66. The lowest BCUT2D eigenvalue weighted by Crippen LogP contribution is -2.15. The van der Waals surface area contributed by atoms with Gasteiger partial charge < -0.3 is 10.8 Å². The molecule has 0 radical (unpaired) electrons. The number of carboxylic acids is 1. The molecule has 0 spiro atoms. The minimum atomic E-state index is -1.16. The molecule has 4 heteroatoms. The van der Waals surface area contributed by atoms with Crippen molar-refractivity contribution in [1.29, 1.82) is 0 Å². The molecule has 0 saturated heterocycles. The minimum Gasteiger partial charge on any atom is -0.478 e. The first-order valence-corrected chi connectivity index (χ1v) is 3.05. The molecule has 0 aliphatic heterocycles. The number of carbonyl (C=O) groups excluding carboxylic acids is 1. The van der Waals surface area contributed by atoms with E-state index in [1.807, 2.05) is 0 Å². The zero-order chi connectivity index (χ0) is 8.43. The van der Waals surface area contributed by atoms with Crippen molar-refractivity contribution in [2.75, 3.05) is 0 Å². The van der Waals surface area contributed by atoms with Crippen molar-refractivity contribution in [3.63, 3.8) is 0 Å². The summed E-state index contributed by atoms with van der Waals surface area (Å²) in [5.74, 6) is -1.39. The van der Waals surface area contributed by atoms with Crippen LogP contribution in [0.5, 0.6) is 0 Å². The fourth-order valence-electron chi connectivity index (χ4n) is 0.809. The van der Waals surface area contributed by atoms with Gasteiger partial charge in [-0.3, -0.25) is 4.79 Å². The molecule has 0 unspecified atom stereocenters. The number of hydrogen-bond donors (Lipinski definition) is 2. The van der Waals surface area contributed by atoms with E-state index in [1.165, 1.54) is 6.08 Å². The van der Waals surface area contributed by atoms with Gasteiger partial charge in [-0.15, -0.1) is 0 Å². The second-order valence-corrected chi connectivity index (χ2v) is 2.19. The van der Waals surface area contributed by atoms with Gasteiger partial charge in [0.05, 0.1) is 5.57 Å². The molecule has 0 heterocycles. The van der Waals surface area contributed by atoms with Crippen LogP contribution in [0.25, 0.3) is 0 Å². The monoisotopic (exact) mass is 153 g/mol. The number of carboxylic acid groups (broad SMARTS) is 1. The average Bonchev–Trinajstić information content (AvgIpc) is 1.94. The highest BCUT2D eigenvalue weighted by Crippen LogP contribution is 2.11.